The summed E-state index contributed by atoms with van der Waals surface area (Å²) in [6.45, 7) is 6.87. The third-order valence-corrected chi connectivity index (χ3v) is 6.52. The highest BCUT2D eigenvalue weighted by Crippen LogP contribution is 2.25. The van der Waals surface area contributed by atoms with Gasteiger partial charge >= 0.3 is 0 Å². The zero-order valence-corrected chi connectivity index (χ0v) is 18.5. The van der Waals surface area contributed by atoms with Crippen LogP contribution in [0.5, 0.6) is 0 Å². The van der Waals surface area contributed by atoms with Gasteiger partial charge in [0.05, 0.1) is 0 Å². The van der Waals surface area contributed by atoms with Gasteiger partial charge in [0.2, 0.25) is 0 Å². The van der Waals surface area contributed by atoms with Crippen molar-refractivity contribution in [2.45, 2.75) is 50.7 Å². The van der Waals surface area contributed by atoms with E-state index in [0.717, 1.165) is 51.6 Å². The van der Waals surface area contributed by atoms with Crippen molar-refractivity contribution in [1.82, 2.24) is 20.4 Å². The first-order valence-corrected chi connectivity index (χ1v) is 11.1. The molecule has 2 fully saturated rings. The van der Waals surface area contributed by atoms with E-state index < -0.39 is 0 Å². The number of ether oxygens (including phenoxy) is 1. The molecule has 2 saturated heterocycles. The van der Waals surface area contributed by atoms with Crippen molar-refractivity contribution in [2.75, 3.05) is 54.0 Å². The first kappa shape index (κ1) is 22.1. The summed E-state index contributed by atoms with van der Waals surface area (Å²) in [7, 11) is 6.16. The van der Waals surface area contributed by atoms with Crippen LogP contribution in [0.15, 0.2) is 29.3 Å². The van der Waals surface area contributed by atoms with Gasteiger partial charge in [0.15, 0.2) is 5.96 Å². The predicted molar refractivity (Wildman–Crippen MR) is 120 cm³/mol. The van der Waals surface area contributed by atoms with Crippen molar-refractivity contribution >= 4 is 5.96 Å². The average molecular weight is 402 g/mol. The lowest BCUT2D eigenvalue weighted by molar-refractivity contribution is -0.00501. The van der Waals surface area contributed by atoms with Crippen LogP contribution in [-0.2, 0) is 17.8 Å². The summed E-state index contributed by atoms with van der Waals surface area (Å²) in [5, 5.41) is 6.99. The van der Waals surface area contributed by atoms with Crippen molar-refractivity contribution in [1.29, 1.82) is 0 Å². The Morgan fingerprint density at radius 1 is 1.03 bits per heavy atom. The van der Waals surface area contributed by atoms with Crippen LogP contribution in [0.1, 0.15) is 43.2 Å². The molecule has 6 heteroatoms. The van der Waals surface area contributed by atoms with Gasteiger partial charge < -0.3 is 20.3 Å². The fraction of sp³-hybridized carbons (Fsp3) is 0.696. The van der Waals surface area contributed by atoms with E-state index in [1.807, 2.05) is 7.05 Å². The van der Waals surface area contributed by atoms with Crippen LogP contribution in [0, 0.1) is 0 Å². The topological polar surface area (TPSA) is 52.1 Å². The number of likely N-dealkylation sites (N-methyl/N-ethyl adjacent to an activating group) is 1. The van der Waals surface area contributed by atoms with Gasteiger partial charge in [-0.15, -0.1) is 0 Å². The molecule has 0 bridgehead atoms. The average Bonchev–Trinajstić information content (AvgIpc) is 2.76. The second-order valence-electron chi connectivity index (χ2n) is 8.66. The molecule has 0 radical (unpaired) electrons. The lowest BCUT2D eigenvalue weighted by Crippen LogP contribution is -2.57. The van der Waals surface area contributed by atoms with E-state index in [1.54, 1.807) is 0 Å². The highest BCUT2D eigenvalue weighted by atomic mass is 16.5. The van der Waals surface area contributed by atoms with E-state index in [9.17, 15) is 0 Å². The van der Waals surface area contributed by atoms with Crippen molar-refractivity contribution < 1.29 is 4.74 Å². The van der Waals surface area contributed by atoms with Crippen LogP contribution in [-0.4, -0.2) is 75.3 Å². The van der Waals surface area contributed by atoms with Gasteiger partial charge in [0, 0.05) is 45.4 Å². The molecule has 1 aromatic carbocycles. The molecule has 0 spiro atoms. The van der Waals surface area contributed by atoms with E-state index in [2.05, 4.69) is 63.8 Å². The summed E-state index contributed by atoms with van der Waals surface area (Å²) >= 11 is 0. The molecule has 2 heterocycles. The van der Waals surface area contributed by atoms with E-state index >= 15 is 0 Å². The number of likely N-dealkylation sites (tertiary alicyclic amines) is 1. The van der Waals surface area contributed by atoms with E-state index in [-0.39, 0.29) is 5.54 Å². The van der Waals surface area contributed by atoms with Crippen LogP contribution < -0.4 is 10.6 Å². The van der Waals surface area contributed by atoms with Crippen molar-refractivity contribution in [2.24, 2.45) is 4.99 Å². The summed E-state index contributed by atoms with van der Waals surface area (Å²) in [5.74, 6) is 0.857. The highest BCUT2D eigenvalue weighted by Gasteiger charge is 2.34. The molecule has 0 aromatic heterocycles. The summed E-state index contributed by atoms with van der Waals surface area (Å²) < 4.78 is 5.57. The molecule has 6 nitrogen and oxygen atoms in total. The first-order chi connectivity index (χ1) is 14.1. The second kappa shape index (κ2) is 11.0. The molecule has 162 valence electrons. The van der Waals surface area contributed by atoms with Crippen molar-refractivity contribution in [3.05, 3.63) is 35.4 Å². The molecule has 29 heavy (non-hydrogen) atoms. The van der Waals surface area contributed by atoms with Crippen LogP contribution in [0.4, 0.5) is 0 Å². The second-order valence-corrected chi connectivity index (χ2v) is 8.66. The fourth-order valence-corrected chi connectivity index (χ4v) is 4.33. The van der Waals surface area contributed by atoms with Gasteiger partial charge in [0.1, 0.15) is 0 Å². The van der Waals surface area contributed by atoms with Crippen LogP contribution in [0.25, 0.3) is 0 Å². The Hall–Kier alpha value is -1.63. The summed E-state index contributed by atoms with van der Waals surface area (Å²) in [6.07, 6.45) is 6.16. The number of piperidine rings is 1. The number of nitrogens with zero attached hydrogens (tertiary/aromatic N) is 3. The monoisotopic (exact) mass is 401 g/mol. The van der Waals surface area contributed by atoms with Crippen LogP contribution >= 0.6 is 0 Å². The Labute approximate surface area is 176 Å². The molecule has 0 amide bonds. The normalized spacial score (nSPS) is 20.6. The third-order valence-electron chi connectivity index (χ3n) is 6.52. The molecule has 3 rings (SSSR count). The quantitative estimate of drug-likeness (QED) is 0.543. The number of hydrogen-bond acceptors (Lipinski definition) is 4. The molecule has 2 N–H and O–H groups in total. The van der Waals surface area contributed by atoms with Gasteiger partial charge in [-0.1, -0.05) is 30.7 Å². The number of benzene rings is 1. The van der Waals surface area contributed by atoms with Crippen LogP contribution in [0.2, 0.25) is 0 Å². The zero-order valence-electron chi connectivity index (χ0n) is 18.5. The Balaban J connectivity index is 1.46. The Kier molecular flexibility index (Phi) is 8.33. The SMILES string of the molecule is CN=C(NCc1ccc(CN2CCCCC2)cc1)NCC1(N(C)C)CCOCC1. The van der Waals surface area contributed by atoms with Gasteiger partial charge in [-0.3, -0.25) is 9.89 Å². The molecule has 2 aliphatic rings. The van der Waals surface area contributed by atoms with Gasteiger partial charge in [-0.25, -0.2) is 0 Å². The molecule has 0 aliphatic carbocycles. The predicted octanol–water partition coefficient (Wildman–Crippen LogP) is 2.45. The molecule has 0 atom stereocenters. The number of hydrogen-bond donors (Lipinski definition) is 2. The minimum Gasteiger partial charge on any atom is -0.381 e. The largest absolute Gasteiger partial charge is 0.381 e. The molecular weight excluding hydrogens is 362 g/mol. The van der Waals surface area contributed by atoms with E-state index in [0.29, 0.717) is 0 Å². The van der Waals surface area contributed by atoms with Gasteiger partial charge in [0.25, 0.3) is 0 Å². The Bertz CT molecular complexity index is 631. The smallest absolute Gasteiger partial charge is 0.191 e. The van der Waals surface area contributed by atoms with Crippen molar-refractivity contribution in [3.63, 3.8) is 0 Å². The fourth-order valence-electron chi connectivity index (χ4n) is 4.33. The molecule has 1 aromatic rings. The molecule has 2 aliphatic heterocycles. The Morgan fingerprint density at radius 3 is 2.31 bits per heavy atom. The highest BCUT2D eigenvalue weighted by molar-refractivity contribution is 5.79. The lowest BCUT2D eigenvalue weighted by atomic mass is 9.88. The minimum atomic E-state index is 0.131. The van der Waals surface area contributed by atoms with Gasteiger partial charge in [-0.2, -0.15) is 0 Å². The Morgan fingerprint density at radius 2 is 1.69 bits per heavy atom. The minimum absolute atomic E-state index is 0.131. The maximum atomic E-state index is 5.57. The molecule has 0 unspecified atom stereocenters. The first-order valence-electron chi connectivity index (χ1n) is 11.1. The van der Waals surface area contributed by atoms with E-state index in [4.69, 9.17) is 4.74 Å². The molecule has 0 saturated carbocycles. The third kappa shape index (κ3) is 6.43. The zero-order chi connectivity index (χ0) is 20.5. The van der Waals surface area contributed by atoms with Crippen molar-refractivity contribution in [3.8, 4) is 0 Å². The number of nitrogens with one attached hydrogen (secondary N) is 2. The van der Waals surface area contributed by atoms with E-state index in [1.165, 1.54) is 43.5 Å². The summed E-state index contributed by atoms with van der Waals surface area (Å²) in [4.78, 5) is 9.31. The lowest BCUT2D eigenvalue weighted by Gasteiger charge is -2.43. The summed E-state index contributed by atoms with van der Waals surface area (Å²) in [5.41, 5.74) is 2.82. The maximum Gasteiger partial charge on any atom is 0.191 e. The van der Waals surface area contributed by atoms with Crippen LogP contribution in [0.3, 0.4) is 0 Å². The van der Waals surface area contributed by atoms with Gasteiger partial charge in [-0.05, 0) is 64.0 Å². The standard InChI is InChI=1S/C23H39N5O/c1-24-22(26-19-23(27(2)3)11-15-29-16-12-23)25-17-20-7-9-21(10-8-20)18-28-13-5-4-6-14-28/h7-10H,4-6,11-19H2,1-3H3,(H2,24,25,26). The number of aliphatic imine (C=N–C) groups is 1. The number of guanidine groups is 1. The number of rotatable bonds is 7. The maximum absolute atomic E-state index is 5.57. The molecular formula is C23H39N5O. The summed E-state index contributed by atoms with van der Waals surface area (Å²) in [6, 6.07) is 9.01.